The summed E-state index contributed by atoms with van der Waals surface area (Å²) in [5.74, 6) is -1.75. The number of ether oxygens (including phenoxy) is 1. The summed E-state index contributed by atoms with van der Waals surface area (Å²) in [6, 6.07) is 12.0. The Kier molecular flexibility index (Phi) is 7.29. The molecule has 0 fully saturated rings. The normalized spacial score (nSPS) is 11.7. The summed E-state index contributed by atoms with van der Waals surface area (Å²) >= 11 is 0. The van der Waals surface area contributed by atoms with Crippen molar-refractivity contribution in [2.75, 3.05) is 13.2 Å². The molecule has 166 valence electrons. The number of aromatic nitrogens is 3. The van der Waals surface area contributed by atoms with Crippen LogP contribution in [0.4, 0.5) is 0 Å². The molecule has 1 atom stereocenters. The van der Waals surface area contributed by atoms with Gasteiger partial charge in [-0.15, -0.1) is 0 Å². The van der Waals surface area contributed by atoms with Crippen LogP contribution in [0.25, 0.3) is 11.3 Å². The summed E-state index contributed by atoms with van der Waals surface area (Å²) in [5, 5.41) is 21.3. The van der Waals surface area contributed by atoms with E-state index in [1.165, 1.54) is 9.58 Å². The van der Waals surface area contributed by atoms with Crippen LogP contribution in [-0.2, 0) is 20.9 Å². The van der Waals surface area contributed by atoms with Crippen molar-refractivity contribution in [3.05, 3.63) is 72.2 Å². The van der Waals surface area contributed by atoms with Gasteiger partial charge in [-0.1, -0.05) is 24.3 Å². The van der Waals surface area contributed by atoms with Gasteiger partial charge in [0.05, 0.1) is 5.69 Å². The van der Waals surface area contributed by atoms with Gasteiger partial charge in [0, 0.05) is 42.9 Å². The molecule has 0 aliphatic carbocycles. The quantitative estimate of drug-likeness (QED) is 0.325. The van der Waals surface area contributed by atoms with Crippen LogP contribution in [0.3, 0.4) is 0 Å². The molecule has 3 rings (SSSR count). The maximum atomic E-state index is 13.3. The fourth-order valence-corrected chi connectivity index (χ4v) is 3.11. The highest BCUT2D eigenvalue weighted by atomic mass is 16.5. The van der Waals surface area contributed by atoms with E-state index in [0.29, 0.717) is 16.8 Å². The van der Waals surface area contributed by atoms with Crippen LogP contribution >= 0.6 is 0 Å². The van der Waals surface area contributed by atoms with Gasteiger partial charge in [-0.2, -0.15) is 5.10 Å². The first-order valence-corrected chi connectivity index (χ1v) is 9.90. The standard InChI is InChI=1S/C22H24N6O4/c1-2-32-22(28-12-9-18(26-28)16-7-10-25-11-8-16)21(31)27(14-19(29)30)13-15-3-5-17(6-4-15)20(23)24/h3-12,22H,2,13-14H2,1H3,(H3,23,24)(H,29,30). The zero-order valence-corrected chi connectivity index (χ0v) is 17.5. The molecule has 10 heteroatoms. The number of nitrogen functional groups attached to an aromatic ring is 1. The molecule has 1 unspecified atom stereocenters. The average molecular weight is 436 g/mol. The molecule has 2 heterocycles. The predicted octanol–water partition coefficient (Wildman–Crippen LogP) is 1.88. The van der Waals surface area contributed by atoms with Gasteiger partial charge in [0.15, 0.2) is 0 Å². The van der Waals surface area contributed by atoms with E-state index in [1.54, 1.807) is 68.0 Å². The van der Waals surface area contributed by atoms with Crippen molar-refractivity contribution >= 4 is 17.7 Å². The molecule has 10 nitrogen and oxygen atoms in total. The predicted molar refractivity (Wildman–Crippen MR) is 117 cm³/mol. The molecule has 0 aliphatic rings. The van der Waals surface area contributed by atoms with Gasteiger partial charge in [-0.05, 0) is 30.7 Å². The molecule has 3 aromatic rings. The lowest BCUT2D eigenvalue weighted by molar-refractivity contribution is -0.156. The van der Waals surface area contributed by atoms with E-state index in [0.717, 1.165) is 5.56 Å². The largest absolute Gasteiger partial charge is 0.480 e. The third-order valence-corrected chi connectivity index (χ3v) is 4.64. The number of benzene rings is 1. The lowest BCUT2D eigenvalue weighted by Crippen LogP contribution is -2.41. The van der Waals surface area contributed by atoms with Gasteiger partial charge < -0.3 is 20.5 Å². The molecular weight excluding hydrogens is 412 g/mol. The Bertz CT molecular complexity index is 1080. The number of carboxylic acid groups (broad SMARTS) is 1. The molecule has 32 heavy (non-hydrogen) atoms. The molecular formula is C22H24N6O4. The van der Waals surface area contributed by atoms with Crippen LogP contribution in [0.2, 0.25) is 0 Å². The van der Waals surface area contributed by atoms with Crippen LogP contribution in [0.1, 0.15) is 24.3 Å². The Morgan fingerprint density at radius 1 is 1.19 bits per heavy atom. The van der Waals surface area contributed by atoms with E-state index in [-0.39, 0.29) is 19.0 Å². The monoisotopic (exact) mass is 436 g/mol. The number of nitrogens with one attached hydrogen (secondary N) is 1. The minimum absolute atomic E-state index is 0.0470. The van der Waals surface area contributed by atoms with Gasteiger partial charge in [0.2, 0.25) is 6.23 Å². The number of carbonyl (C=O) groups is 2. The minimum Gasteiger partial charge on any atom is -0.480 e. The molecule has 0 saturated carbocycles. The zero-order valence-electron chi connectivity index (χ0n) is 17.5. The van der Waals surface area contributed by atoms with Crippen molar-refractivity contribution < 1.29 is 19.4 Å². The third-order valence-electron chi connectivity index (χ3n) is 4.64. The van der Waals surface area contributed by atoms with Crippen molar-refractivity contribution in [2.24, 2.45) is 5.73 Å². The van der Waals surface area contributed by atoms with Crippen LogP contribution in [-0.4, -0.2) is 55.6 Å². The fraction of sp³-hybridized carbons (Fsp3) is 0.227. The third kappa shape index (κ3) is 5.55. The summed E-state index contributed by atoms with van der Waals surface area (Å²) in [6.45, 7) is 1.52. The number of pyridine rings is 1. The number of nitrogens with two attached hydrogens (primary N) is 1. The van der Waals surface area contributed by atoms with Gasteiger partial charge >= 0.3 is 5.97 Å². The SMILES string of the molecule is CCOC(C(=O)N(CC(=O)O)Cc1ccc(C(=N)N)cc1)n1ccc(-c2ccncc2)n1. The Morgan fingerprint density at radius 3 is 2.47 bits per heavy atom. The van der Waals surface area contributed by atoms with Crippen molar-refractivity contribution in [3.8, 4) is 11.3 Å². The molecule has 0 saturated heterocycles. The Hall–Kier alpha value is -4.05. The molecule has 4 N–H and O–H groups in total. The van der Waals surface area contributed by atoms with Crippen molar-refractivity contribution in [2.45, 2.75) is 19.7 Å². The second-order valence-electron chi connectivity index (χ2n) is 6.92. The summed E-state index contributed by atoms with van der Waals surface area (Å²) in [5.41, 5.74) is 8.17. The summed E-state index contributed by atoms with van der Waals surface area (Å²) < 4.78 is 7.03. The maximum absolute atomic E-state index is 13.3. The fourth-order valence-electron chi connectivity index (χ4n) is 3.11. The van der Waals surface area contributed by atoms with E-state index in [4.69, 9.17) is 15.9 Å². The summed E-state index contributed by atoms with van der Waals surface area (Å²) in [7, 11) is 0. The van der Waals surface area contributed by atoms with Crippen LogP contribution < -0.4 is 5.73 Å². The van der Waals surface area contributed by atoms with Crippen molar-refractivity contribution in [3.63, 3.8) is 0 Å². The number of nitrogens with zero attached hydrogens (tertiary/aromatic N) is 4. The Balaban J connectivity index is 1.85. The number of amidine groups is 1. The van der Waals surface area contributed by atoms with Crippen molar-refractivity contribution in [1.29, 1.82) is 5.41 Å². The van der Waals surface area contributed by atoms with Crippen LogP contribution in [0, 0.1) is 5.41 Å². The average Bonchev–Trinajstić information content (AvgIpc) is 3.27. The molecule has 1 amide bonds. The first-order valence-electron chi connectivity index (χ1n) is 9.90. The highest BCUT2D eigenvalue weighted by Crippen LogP contribution is 2.20. The Morgan fingerprint density at radius 2 is 1.88 bits per heavy atom. The number of hydrogen-bond donors (Lipinski definition) is 3. The molecule has 0 spiro atoms. The lowest BCUT2D eigenvalue weighted by Gasteiger charge is -2.26. The molecule has 1 aromatic carbocycles. The molecule has 2 aromatic heterocycles. The number of carboxylic acids is 1. The maximum Gasteiger partial charge on any atom is 0.323 e. The topological polar surface area (TPSA) is 147 Å². The van der Waals surface area contributed by atoms with Crippen molar-refractivity contribution in [1.82, 2.24) is 19.7 Å². The number of rotatable bonds is 10. The summed E-state index contributed by atoms with van der Waals surface area (Å²) in [6.07, 6.45) is 3.79. The molecule has 0 radical (unpaired) electrons. The number of amides is 1. The second-order valence-corrected chi connectivity index (χ2v) is 6.92. The molecule has 0 bridgehead atoms. The van der Waals surface area contributed by atoms with E-state index in [2.05, 4.69) is 10.1 Å². The zero-order chi connectivity index (χ0) is 23.1. The lowest BCUT2D eigenvalue weighted by atomic mass is 10.1. The first-order chi connectivity index (χ1) is 15.4. The number of aliphatic carboxylic acids is 1. The van der Waals surface area contributed by atoms with Gasteiger partial charge in [0.1, 0.15) is 12.4 Å². The second kappa shape index (κ2) is 10.3. The molecule has 0 aliphatic heterocycles. The van der Waals surface area contributed by atoms with Gasteiger partial charge in [0.25, 0.3) is 5.91 Å². The van der Waals surface area contributed by atoms with E-state index >= 15 is 0 Å². The van der Waals surface area contributed by atoms with Gasteiger partial charge in [-0.25, -0.2) is 4.68 Å². The smallest absolute Gasteiger partial charge is 0.323 e. The highest BCUT2D eigenvalue weighted by Gasteiger charge is 2.29. The minimum atomic E-state index is -1.15. The van der Waals surface area contributed by atoms with Crippen LogP contribution in [0.5, 0.6) is 0 Å². The first kappa shape index (κ1) is 22.6. The van der Waals surface area contributed by atoms with E-state index < -0.39 is 24.6 Å². The highest BCUT2D eigenvalue weighted by molar-refractivity contribution is 5.94. The van der Waals surface area contributed by atoms with E-state index in [9.17, 15) is 14.7 Å². The van der Waals surface area contributed by atoms with Gasteiger partial charge in [-0.3, -0.25) is 20.0 Å². The summed E-state index contributed by atoms with van der Waals surface area (Å²) in [4.78, 5) is 29.9. The Labute approximate surface area is 184 Å². The van der Waals surface area contributed by atoms with E-state index in [1.807, 2.05) is 0 Å². The number of hydrogen-bond acceptors (Lipinski definition) is 6. The number of carbonyl (C=O) groups excluding carboxylic acids is 1. The van der Waals surface area contributed by atoms with Crippen LogP contribution in [0.15, 0.2) is 61.1 Å².